The van der Waals surface area contributed by atoms with Crippen LogP contribution in [0.1, 0.15) is 12.5 Å². The van der Waals surface area contributed by atoms with E-state index in [1.54, 1.807) is 0 Å². The molecule has 1 rings (SSSR count). The highest BCUT2D eigenvalue weighted by Gasteiger charge is 2.31. The molecule has 0 aliphatic carbocycles. The first-order valence-electron chi connectivity index (χ1n) is 5.60. The van der Waals surface area contributed by atoms with Crippen molar-refractivity contribution in [1.29, 1.82) is 5.26 Å². The number of aliphatic carboxylic acids is 1. The standard InChI is InChI=1S/C12H14N2O5S/c1-12(17,11(15)16)8-14-20(18,19)10-4-2-9(3-5-10)6-7-13/h2-5,14,17H,6,8H2,1H3,(H,15,16). The summed E-state index contributed by atoms with van der Waals surface area (Å²) < 4.78 is 25.8. The lowest BCUT2D eigenvalue weighted by Crippen LogP contribution is -2.46. The number of carboxylic acids is 1. The lowest BCUT2D eigenvalue weighted by molar-refractivity contribution is -0.155. The number of aliphatic hydroxyl groups is 1. The van der Waals surface area contributed by atoms with Crippen molar-refractivity contribution >= 4 is 16.0 Å². The van der Waals surface area contributed by atoms with E-state index in [9.17, 15) is 18.3 Å². The number of hydrogen-bond acceptors (Lipinski definition) is 5. The number of benzene rings is 1. The van der Waals surface area contributed by atoms with Crippen LogP contribution in [0, 0.1) is 11.3 Å². The molecule has 1 aromatic carbocycles. The van der Waals surface area contributed by atoms with E-state index in [0.29, 0.717) is 5.56 Å². The van der Waals surface area contributed by atoms with Crippen molar-refractivity contribution in [2.75, 3.05) is 6.54 Å². The summed E-state index contributed by atoms with van der Waals surface area (Å²) in [5.41, 5.74) is -1.52. The van der Waals surface area contributed by atoms with Gasteiger partial charge in [0.05, 0.1) is 23.9 Å². The monoisotopic (exact) mass is 298 g/mol. The van der Waals surface area contributed by atoms with Gasteiger partial charge in [0.1, 0.15) is 0 Å². The van der Waals surface area contributed by atoms with E-state index in [1.165, 1.54) is 24.3 Å². The molecular weight excluding hydrogens is 284 g/mol. The van der Waals surface area contributed by atoms with Gasteiger partial charge < -0.3 is 10.2 Å². The number of hydrogen-bond donors (Lipinski definition) is 3. The second-order valence-electron chi connectivity index (χ2n) is 4.38. The largest absolute Gasteiger partial charge is 0.479 e. The van der Waals surface area contributed by atoms with Crippen molar-refractivity contribution in [2.24, 2.45) is 0 Å². The number of carbonyl (C=O) groups is 1. The van der Waals surface area contributed by atoms with E-state index < -0.39 is 28.1 Å². The number of rotatable bonds is 6. The molecule has 0 fully saturated rings. The Balaban J connectivity index is 2.84. The Morgan fingerprint density at radius 2 is 1.95 bits per heavy atom. The van der Waals surface area contributed by atoms with Gasteiger partial charge in [0.15, 0.2) is 5.60 Å². The zero-order valence-corrected chi connectivity index (χ0v) is 11.5. The van der Waals surface area contributed by atoms with E-state index in [4.69, 9.17) is 10.4 Å². The van der Waals surface area contributed by atoms with Gasteiger partial charge in [-0.05, 0) is 24.6 Å². The molecule has 0 aliphatic rings. The molecule has 0 bridgehead atoms. The van der Waals surface area contributed by atoms with Crippen LogP contribution in [-0.4, -0.2) is 36.7 Å². The van der Waals surface area contributed by atoms with Gasteiger partial charge in [-0.3, -0.25) is 0 Å². The Labute approximate surface area is 116 Å². The van der Waals surface area contributed by atoms with Gasteiger partial charge in [-0.15, -0.1) is 0 Å². The minimum absolute atomic E-state index is 0.0691. The summed E-state index contributed by atoms with van der Waals surface area (Å²) in [6.45, 7) is 0.346. The summed E-state index contributed by atoms with van der Waals surface area (Å²) >= 11 is 0. The number of carboxylic acid groups (broad SMARTS) is 1. The number of sulfonamides is 1. The number of nitriles is 1. The molecule has 1 atom stereocenters. The maximum atomic E-state index is 11.9. The van der Waals surface area contributed by atoms with E-state index in [2.05, 4.69) is 0 Å². The predicted octanol–water partition coefficient (Wildman–Crippen LogP) is -0.133. The smallest absolute Gasteiger partial charge is 0.336 e. The first-order valence-corrected chi connectivity index (χ1v) is 7.09. The van der Waals surface area contributed by atoms with Gasteiger partial charge in [-0.25, -0.2) is 17.9 Å². The van der Waals surface area contributed by atoms with Crippen LogP contribution in [-0.2, 0) is 21.2 Å². The molecule has 1 aromatic rings. The average Bonchev–Trinajstić information content (AvgIpc) is 2.38. The minimum atomic E-state index is -3.91. The molecule has 1 unspecified atom stereocenters. The molecular formula is C12H14N2O5S. The minimum Gasteiger partial charge on any atom is -0.479 e. The van der Waals surface area contributed by atoms with Gasteiger partial charge in [0, 0.05) is 0 Å². The molecule has 7 nitrogen and oxygen atoms in total. The third kappa shape index (κ3) is 4.03. The molecule has 0 aromatic heterocycles. The maximum absolute atomic E-state index is 11.9. The Morgan fingerprint density at radius 3 is 2.40 bits per heavy atom. The quantitative estimate of drug-likeness (QED) is 0.671. The van der Waals surface area contributed by atoms with Crippen LogP contribution >= 0.6 is 0 Å². The van der Waals surface area contributed by atoms with E-state index in [0.717, 1.165) is 6.92 Å². The molecule has 0 spiro atoms. The summed E-state index contributed by atoms with van der Waals surface area (Å²) in [5.74, 6) is -1.52. The van der Waals surface area contributed by atoms with Gasteiger partial charge >= 0.3 is 5.97 Å². The first kappa shape index (κ1) is 16.1. The first-order chi connectivity index (χ1) is 9.19. The van der Waals surface area contributed by atoms with Crippen molar-refractivity contribution in [1.82, 2.24) is 4.72 Å². The Bertz CT molecular complexity index is 629. The SMILES string of the molecule is CC(O)(CNS(=O)(=O)c1ccc(CC#N)cc1)C(=O)O. The van der Waals surface area contributed by atoms with Crippen LogP contribution in [0.4, 0.5) is 0 Å². The number of nitrogens with zero attached hydrogens (tertiary/aromatic N) is 1. The summed E-state index contributed by atoms with van der Waals surface area (Å²) in [6, 6.07) is 7.54. The normalized spacial score (nSPS) is 14.2. The highest BCUT2D eigenvalue weighted by molar-refractivity contribution is 7.89. The van der Waals surface area contributed by atoms with Crippen LogP contribution < -0.4 is 4.72 Å². The van der Waals surface area contributed by atoms with E-state index in [-0.39, 0.29) is 11.3 Å². The maximum Gasteiger partial charge on any atom is 0.336 e. The van der Waals surface area contributed by atoms with Crippen molar-refractivity contribution in [2.45, 2.75) is 23.8 Å². The fourth-order valence-electron chi connectivity index (χ4n) is 1.27. The summed E-state index contributed by atoms with van der Waals surface area (Å²) in [5, 5.41) is 26.7. The molecule has 0 amide bonds. The average molecular weight is 298 g/mol. The summed E-state index contributed by atoms with van der Waals surface area (Å²) in [4.78, 5) is 10.6. The molecule has 0 aliphatic heterocycles. The summed E-state index contributed by atoms with van der Waals surface area (Å²) in [7, 11) is -3.91. The van der Waals surface area contributed by atoms with Crippen molar-refractivity contribution < 1.29 is 23.4 Å². The van der Waals surface area contributed by atoms with E-state index >= 15 is 0 Å². The molecule has 8 heteroatoms. The zero-order valence-electron chi connectivity index (χ0n) is 10.7. The molecule has 0 saturated heterocycles. The molecule has 0 radical (unpaired) electrons. The second-order valence-corrected chi connectivity index (χ2v) is 6.15. The second kappa shape index (κ2) is 6.00. The third-order valence-electron chi connectivity index (χ3n) is 2.58. The lowest BCUT2D eigenvalue weighted by Gasteiger charge is -2.18. The van der Waals surface area contributed by atoms with Crippen molar-refractivity contribution in [3.8, 4) is 6.07 Å². The third-order valence-corrected chi connectivity index (χ3v) is 4.00. The van der Waals surface area contributed by atoms with Crippen LogP contribution in [0.3, 0.4) is 0 Å². The molecule has 0 heterocycles. The fraction of sp³-hybridized carbons (Fsp3) is 0.333. The van der Waals surface area contributed by atoms with Gasteiger partial charge in [0.2, 0.25) is 10.0 Å². The molecule has 20 heavy (non-hydrogen) atoms. The van der Waals surface area contributed by atoms with Crippen molar-refractivity contribution in [3.63, 3.8) is 0 Å². The van der Waals surface area contributed by atoms with Crippen LogP contribution in [0.25, 0.3) is 0 Å². The highest BCUT2D eigenvalue weighted by Crippen LogP contribution is 2.12. The molecule has 3 N–H and O–H groups in total. The van der Waals surface area contributed by atoms with Crippen LogP contribution in [0.2, 0.25) is 0 Å². The summed E-state index contributed by atoms with van der Waals surface area (Å²) in [6.07, 6.45) is 0.168. The van der Waals surface area contributed by atoms with Crippen molar-refractivity contribution in [3.05, 3.63) is 29.8 Å². The Morgan fingerprint density at radius 1 is 1.40 bits per heavy atom. The lowest BCUT2D eigenvalue weighted by atomic mass is 10.1. The van der Waals surface area contributed by atoms with Crippen LogP contribution in [0.5, 0.6) is 0 Å². The highest BCUT2D eigenvalue weighted by atomic mass is 32.2. The van der Waals surface area contributed by atoms with Gasteiger partial charge in [-0.1, -0.05) is 12.1 Å². The van der Waals surface area contributed by atoms with Crippen LogP contribution in [0.15, 0.2) is 29.2 Å². The van der Waals surface area contributed by atoms with E-state index in [1.807, 2.05) is 10.8 Å². The Hall–Kier alpha value is -1.95. The topological polar surface area (TPSA) is 127 Å². The van der Waals surface area contributed by atoms with Gasteiger partial charge in [-0.2, -0.15) is 5.26 Å². The Kier molecular flexibility index (Phi) is 4.83. The zero-order chi connectivity index (χ0) is 15.4. The predicted molar refractivity (Wildman–Crippen MR) is 69.2 cm³/mol. The molecule has 108 valence electrons. The molecule has 0 saturated carbocycles. The number of nitrogens with one attached hydrogen (secondary N) is 1. The van der Waals surface area contributed by atoms with Gasteiger partial charge in [0.25, 0.3) is 0 Å². The fourth-order valence-corrected chi connectivity index (χ4v) is 2.40.